The Hall–Kier alpha value is -3.15. The van der Waals surface area contributed by atoms with Crippen LogP contribution in [0, 0.1) is 5.92 Å². The van der Waals surface area contributed by atoms with Gasteiger partial charge in [-0.1, -0.05) is 0 Å². The van der Waals surface area contributed by atoms with E-state index < -0.39 is 0 Å². The van der Waals surface area contributed by atoms with Gasteiger partial charge in [0.25, 0.3) is 11.8 Å². The molecule has 0 aromatic heterocycles. The van der Waals surface area contributed by atoms with E-state index in [0.29, 0.717) is 22.5 Å². The molecule has 6 nitrogen and oxygen atoms in total. The molecule has 2 aliphatic rings. The Kier molecular flexibility index (Phi) is 5.10. The van der Waals surface area contributed by atoms with Gasteiger partial charge in [-0.25, -0.2) is 0 Å². The monoisotopic (exact) mass is 377 g/mol. The van der Waals surface area contributed by atoms with Crippen molar-refractivity contribution < 1.29 is 14.4 Å². The smallest absolute Gasteiger partial charge is 0.255 e. The first kappa shape index (κ1) is 18.2. The first-order valence-electron chi connectivity index (χ1n) is 9.72. The summed E-state index contributed by atoms with van der Waals surface area (Å²) >= 11 is 0. The molecule has 1 saturated heterocycles. The van der Waals surface area contributed by atoms with Crippen LogP contribution < -0.4 is 10.6 Å². The van der Waals surface area contributed by atoms with E-state index in [1.807, 2.05) is 4.90 Å². The molecule has 1 aliphatic carbocycles. The van der Waals surface area contributed by atoms with Gasteiger partial charge in [0.1, 0.15) is 0 Å². The lowest BCUT2D eigenvalue weighted by atomic mass is 10.1. The van der Waals surface area contributed by atoms with Crippen molar-refractivity contribution in [2.24, 2.45) is 5.92 Å². The average Bonchev–Trinajstić information content (AvgIpc) is 3.43. The summed E-state index contributed by atoms with van der Waals surface area (Å²) in [5, 5.41) is 5.68. The zero-order valence-electron chi connectivity index (χ0n) is 15.6. The summed E-state index contributed by atoms with van der Waals surface area (Å²) in [6.07, 6.45) is 4.02. The quantitative estimate of drug-likeness (QED) is 0.837. The van der Waals surface area contributed by atoms with Crippen molar-refractivity contribution in [2.75, 3.05) is 23.7 Å². The maximum Gasteiger partial charge on any atom is 0.255 e. The molecule has 4 rings (SSSR count). The third-order valence-electron chi connectivity index (χ3n) is 5.15. The lowest BCUT2D eigenvalue weighted by Crippen LogP contribution is -2.27. The Morgan fingerprint density at radius 3 is 1.86 bits per heavy atom. The SMILES string of the molecule is O=C(Nc1ccc(C(=O)N2CCCC2)cc1)c1ccc(NC(=O)C2CC2)cc1. The van der Waals surface area contributed by atoms with Crippen LogP contribution >= 0.6 is 0 Å². The molecule has 1 saturated carbocycles. The highest BCUT2D eigenvalue weighted by molar-refractivity contribution is 6.05. The second-order valence-corrected chi connectivity index (χ2v) is 7.37. The van der Waals surface area contributed by atoms with E-state index in [4.69, 9.17) is 0 Å². The van der Waals surface area contributed by atoms with Crippen molar-refractivity contribution in [3.63, 3.8) is 0 Å². The van der Waals surface area contributed by atoms with Gasteiger partial charge in [0, 0.05) is 41.5 Å². The number of nitrogens with zero attached hydrogens (tertiary/aromatic N) is 1. The van der Waals surface area contributed by atoms with Gasteiger partial charge in [-0.05, 0) is 74.2 Å². The Labute approximate surface area is 163 Å². The van der Waals surface area contributed by atoms with Gasteiger partial charge >= 0.3 is 0 Å². The number of hydrogen-bond donors (Lipinski definition) is 2. The summed E-state index contributed by atoms with van der Waals surface area (Å²) in [4.78, 5) is 38.4. The second kappa shape index (κ2) is 7.84. The third kappa shape index (κ3) is 4.22. The fourth-order valence-electron chi connectivity index (χ4n) is 3.30. The summed E-state index contributed by atoms with van der Waals surface area (Å²) in [6.45, 7) is 1.63. The van der Waals surface area contributed by atoms with Crippen molar-refractivity contribution in [3.05, 3.63) is 59.7 Å². The third-order valence-corrected chi connectivity index (χ3v) is 5.15. The van der Waals surface area contributed by atoms with E-state index >= 15 is 0 Å². The van der Waals surface area contributed by atoms with Crippen LogP contribution in [0.3, 0.4) is 0 Å². The first-order chi connectivity index (χ1) is 13.6. The molecule has 0 bridgehead atoms. The number of carbonyl (C=O) groups is 3. The molecule has 2 fully saturated rings. The summed E-state index contributed by atoms with van der Waals surface area (Å²) in [5.41, 5.74) is 2.46. The normalized spacial score (nSPS) is 15.9. The average molecular weight is 377 g/mol. The summed E-state index contributed by atoms with van der Waals surface area (Å²) in [5.74, 6) is -0.0121. The molecule has 0 unspecified atom stereocenters. The number of nitrogens with one attached hydrogen (secondary N) is 2. The number of benzene rings is 2. The van der Waals surface area contributed by atoms with E-state index in [0.717, 1.165) is 38.8 Å². The molecule has 6 heteroatoms. The zero-order valence-corrected chi connectivity index (χ0v) is 15.6. The maximum absolute atomic E-state index is 12.4. The van der Waals surface area contributed by atoms with Crippen LogP contribution in [0.1, 0.15) is 46.4 Å². The zero-order chi connectivity index (χ0) is 19.5. The van der Waals surface area contributed by atoms with Crippen LogP contribution in [-0.2, 0) is 4.79 Å². The van der Waals surface area contributed by atoms with Crippen LogP contribution in [0.5, 0.6) is 0 Å². The number of anilines is 2. The van der Waals surface area contributed by atoms with E-state index in [1.165, 1.54) is 0 Å². The van der Waals surface area contributed by atoms with Crippen molar-refractivity contribution in [1.29, 1.82) is 0 Å². The second-order valence-electron chi connectivity index (χ2n) is 7.37. The van der Waals surface area contributed by atoms with E-state index in [9.17, 15) is 14.4 Å². The number of likely N-dealkylation sites (tertiary alicyclic amines) is 1. The molecular weight excluding hydrogens is 354 g/mol. The van der Waals surface area contributed by atoms with Crippen molar-refractivity contribution in [1.82, 2.24) is 4.90 Å². The lowest BCUT2D eigenvalue weighted by Gasteiger charge is -2.15. The van der Waals surface area contributed by atoms with Crippen molar-refractivity contribution >= 4 is 29.1 Å². The molecule has 3 amide bonds. The summed E-state index contributed by atoms with van der Waals surface area (Å²) < 4.78 is 0. The first-order valence-corrected chi connectivity index (χ1v) is 9.72. The summed E-state index contributed by atoms with van der Waals surface area (Å²) in [7, 11) is 0. The Morgan fingerprint density at radius 2 is 1.29 bits per heavy atom. The molecule has 2 aromatic carbocycles. The highest BCUT2D eigenvalue weighted by Gasteiger charge is 2.29. The van der Waals surface area contributed by atoms with Crippen LogP contribution in [0.15, 0.2) is 48.5 Å². The van der Waals surface area contributed by atoms with E-state index in [-0.39, 0.29) is 23.6 Å². The van der Waals surface area contributed by atoms with Crippen molar-refractivity contribution in [3.8, 4) is 0 Å². The fraction of sp³-hybridized carbons (Fsp3) is 0.318. The molecule has 28 heavy (non-hydrogen) atoms. The van der Waals surface area contributed by atoms with Gasteiger partial charge in [-0.3, -0.25) is 14.4 Å². The molecule has 2 N–H and O–H groups in total. The predicted molar refractivity (Wildman–Crippen MR) is 107 cm³/mol. The minimum Gasteiger partial charge on any atom is -0.339 e. The number of amides is 3. The van der Waals surface area contributed by atoms with Crippen LogP contribution in [0.2, 0.25) is 0 Å². The maximum atomic E-state index is 12.4. The molecule has 2 aromatic rings. The Balaban J connectivity index is 1.35. The van der Waals surface area contributed by atoms with Crippen LogP contribution in [0.25, 0.3) is 0 Å². The van der Waals surface area contributed by atoms with E-state index in [2.05, 4.69) is 10.6 Å². The Morgan fingerprint density at radius 1 is 0.750 bits per heavy atom. The number of rotatable bonds is 5. The molecule has 0 radical (unpaired) electrons. The van der Waals surface area contributed by atoms with Crippen LogP contribution in [0.4, 0.5) is 11.4 Å². The van der Waals surface area contributed by atoms with Crippen molar-refractivity contribution in [2.45, 2.75) is 25.7 Å². The highest BCUT2D eigenvalue weighted by atomic mass is 16.2. The minimum absolute atomic E-state index is 0.0409. The topological polar surface area (TPSA) is 78.5 Å². The minimum atomic E-state index is -0.237. The largest absolute Gasteiger partial charge is 0.339 e. The number of carbonyl (C=O) groups excluding carboxylic acids is 3. The van der Waals surface area contributed by atoms with Gasteiger partial charge in [0.05, 0.1) is 0 Å². The molecule has 1 heterocycles. The Bertz CT molecular complexity index is 880. The van der Waals surface area contributed by atoms with E-state index in [1.54, 1.807) is 48.5 Å². The lowest BCUT2D eigenvalue weighted by molar-refractivity contribution is -0.117. The molecule has 0 spiro atoms. The van der Waals surface area contributed by atoms with Gasteiger partial charge in [0.15, 0.2) is 0 Å². The van der Waals surface area contributed by atoms with Gasteiger partial charge in [-0.15, -0.1) is 0 Å². The molecule has 1 aliphatic heterocycles. The van der Waals surface area contributed by atoms with Gasteiger partial charge < -0.3 is 15.5 Å². The van der Waals surface area contributed by atoms with Gasteiger partial charge in [-0.2, -0.15) is 0 Å². The fourth-order valence-corrected chi connectivity index (χ4v) is 3.30. The molecule has 0 atom stereocenters. The number of hydrogen-bond acceptors (Lipinski definition) is 3. The van der Waals surface area contributed by atoms with Gasteiger partial charge in [0.2, 0.25) is 5.91 Å². The predicted octanol–water partition coefficient (Wildman–Crippen LogP) is 3.52. The molecular formula is C22H23N3O3. The van der Waals surface area contributed by atoms with Crippen LogP contribution in [-0.4, -0.2) is 35.7 Å². The molecule has 144 valence electrons. The summed E-state index contributed by atoms with van der Waals surface area (Å²) in [6, 6.07) is 13.8. The standard InChI is InChI=1S/C22H23N3O3/c26-20(15-3-4-15)23-18-9-5-16(6-10-18)21(27)24-19-11-7-17(8-12-19)22(28)25-13-1-2-14-25/h5-12,15H,1-4,13-14H2,(H,23,26)(H,24,27). The highest BCUT2D eigenvalue weighted by Crippen LogP contribution is 2.30.